The first-order valence-electron chi connectivity index (χ1n) is 6.37. The lowest BCUT2D eigenvalue weighted by Crippen LogP contribution is -2.28. The number of nitrogens with zero attached hydrogens (tertiary/aromatic N) is 1. The van der Waals surface area contributed by atoms with Gasteiger partial charge in [-0.2, -0.15) is 0 Å². The molecule has 1 unspecified atom stereocenters. The number of hydrogen-bond acceptors (Lipinski definition) is 3. The fourth-order valence-corrected chi connectivity index (χ4v) is 3.29. The molecule has 1 aromatic rings. The van der Waals surface area contributed by atoms with Gasteiger partial charge in [0, 0.05) is 20.8 Å². The van der Waals surface area contributed by atoms with Gasteiger partial charge in [0.2, 0.25) is 0 Å². The molecule has 0 spiro atoms. The molecular formula is C13H23BrN2S. The molecule has 0 radical (unpaired) electrons. The van der Waals surface area contributed by atoms with Crippen molar-refractivity contribution in [2.45, 2.75) is 33.2 Å². The summed E-state index contributed by atoms with van der Waals surface area (Å²) in [6.45, 7) is 11.3. The Balaban J connectivity index is 2.18. The largest absolute Gasteiger partial charge is 0.309 e. The molecule has 0 aliphatic rings. The maximum Gasteiger partial charge on any atom is 0.0386 e. The number of rotatable bonds is 8. The van der Waals surface area contributed by atoms with Crippen LogP contribution in [0, 0.1) is 0 Å². The lowest BCUT2D eigenvalue weighted by Gasteiger charge is -2.18. The molecule has 0 amide bonds. The van der Waals surface area contributed by atoms with E-state index in [0.717, 1.165) is 19.6 Å². The van der Waals surface area contributed by atoms with Crippen molar-refractivity contribution in [2.75, 3.05) is 26.2 Å². The van der Waals surface area contributed by atoms with Gasteiger partial charge in [-0.3, -0.25) is 0 Å². The number of thiophene rings is 1. The third-order valence-electron chi connectivity index (χ3n) is 3.01. The highest BCUT2D eigenvalue weighted by molar-refractivity contribution is 9.10. The minimum atomic E-state index is 0.461. The van der Waals surface area contributed by atoms with Crippen molar-refractivity contribution in [1.29, 1.82) is 0 Å². The molecule has 0 saturated carbocycles. The van der Waals surface area contributed by atoms with Crippen LogP contribution < -0.4 is 5.32 Å². The van der Waals surface area contributed by atoms with E-state index in [9.17, 15) is 0 Å². The predicted octanol–water partition coefficient (Wildman–Crippen LogP) is 3.89. The van der Waals surface area contributed by atoms with E-state index in [1.165, 1.54) is 22.3 Å². The van der Waals surface area contributed by atoms with E-state index in [1.54, 1.807) is 0 Å². The van der Waals surface area contributed by atoms with Gasteiger partial charge in [0.15, 0.2) is 0 Å². The second-order valence-corrected chi connectivity index (χ2v) is 6.08. The van der Waals surface area contributed by atoms with Crippen LogP contribution in [0.15, 0.2) is 15.9 Å². The predicted molar refractivity (Wildman–Crippen MR) is 80.8 cm³/mol. The Labute approximate surface area is 118 Å². The first-order valence-corrected chi connectivity index (χ1v) is 8.04. The van der Waals surface area contributed by atoms with Gasteiger partial charge in [-0.1, -0.05) is 13.8 Å². The summed E-state index contributed by atoms with van der Waals surface area (Å²) in [5.41, 5.74) is 0. The second-order valence-electron chi connectivity index (χ2n) is 4.22. The maximum atomic E-state index is 3.58. The van der Waals surface area contributed by atoms with Crippen LogP contribution in [0.1, 0.15) is 38.1 Å². The standard InChI is InChI=1S/C13H23BrN2S/c1-4-16(5-2)8-6-7-15-11(3)13-9-12(14)10-17-13/h9-11,15H,4-8H2,1-3H3. The van der Waals surface area contributed by atoms with Gasteiger partial charge in [0.25, 0.3) is 0 Å². The van der Waals surface area contributed by atoms with Crippen LogP contribution in [-0.4, -0.2) is 31.1 Å². The monoisotopic (exact) mass is 318 g/mol. The van der Waals surface area contributed by atoms with E-state index in [1.807, 2.05) is 11.3 Å². The third-order valence-corrected chi connectivity index (χ3v) is 4.89. The zero-order chi connectivity index (χ0) is 12.7. The van der Waals surface area contributed by atoms with Gasteiger partial charge in [0.1, 0.15) is 0 Å². The maximum absolute atomic E-state index is 3.58. The first kappa shape index (κ1) is 15.2. The van der Waals surface area contributed by atoms with Crippen molar-refractivity contribution in [1.82, 2.24) is 10.2 Å². The summed E-state index contributed by atoms with van der Waals surface area (Å²) in [6.07, 6.45) is 1.22. The average molecular weight is 319 g/mol. The van der Waals surface area contributed by atoms with E-state index >= 15 is 0 Å². The first-order chi connectivity index (χ1) is 8.17. The SMILES string of the molecule is CCN(CC)CCCNC(C)c1cc(Br)cs1. The van der Waals surface area contributed by atoms with E-state index in [2.05, 4.69) is 58.4 Å². The Bertz CT molecular complexity index is 310. The summed E-state index contributed by atoms with van der Waals surface area (Å²) < 4.78 is 1.19. The Hall–Kier alpha value is 0.1000. The van der Waals surface area contributed by atoms with Crippen molar-refractivity contribution in [3.05, 3.63) is 20.8 Å². The topological polar surface area (TPSA) is 15.3 Å². The molecule has 17 heavy (non-hydrogen) atoms. The lowest BCUT2D eigenvalue weighted by atomic mass is 10.2. The molecule has 1 atom stereocenters. The summed E-state index contributed by atoms with van der Waals surface area (Å²) in [5.74, 6) is 0. The highest BCUT2D eigenvalue weighted by Crippen LogP contribution is 2.25. The molecule has 0 saturated heterocycles. The highest BCUT2D eigenvalue weighted by Gasteiger charge is 2.07. The van der Waals surface area contributed by atoms with Crippen molar-refractivity contribution in [2.24, 2.45) is 0 Å². The molecule has 2 nitrogen and oxygen atoms in total. The second kappa shape index (κ2) is 8.25. The van der Waals surface area contributed by atoms with Crippen LogP contribution in [0.25, 0.3) is 0 Å². The Kier molecular flexibility index (Phi) is 7.35. The third kappa shape index (κ3) is 5.51. The number of nitrogens with one attached hydrogen (secondary N) is 1. The van der Waals surface area contributed by atoms with Gasteiger partial charge >= 0.3 is 0 Å². The van der Waals surface area contributed by atoms with Gasteiger partial charge in [-0.05, 0) is 61.5 Å². The summed E-state index contributed by atoms with van der Waals surface area (Å²) in [5, 5.41) is 5.72. The summed E-state index contributed by atoms with van der Waals surface area (Å²) >= 11 is 5.31. The number of hydrogen-bond donors (Lipinski definition) is 1. The molecule has 0 bridgehead atoms. The Morgan fingerprint density at radius 1 is 1.41 bits per heavy atom. The van der Waals surface area contributed by atoms with E-state index in [0.29, 0.717) is 6.04 Å². The summed E-state index contributed by atoms with van der Waals surface area (Å²) in [4.78, 5) is 3.87. The molecule has 98 valence electrons. The van der Waals surface area contributed by atoms with Gasteiger partial charge in [-0.15, -0.1) is 11.3 Å². The van der Waals surface area contributed by atoms with E-state index in [-0.39, 0.29) is 0 Å². The molecule has 4 heteroatoms. The molecule has 1 aromatic heterocycles. The minimum absolute atomic E-state index is 0.461. The van der Waals surface area contributed by atoms with Gasteiger partial charge in [-0.25, -0.2) is 0 Å². The van der Waals surface area contributed by atoms with Crippen LogP contribution >= 0.6 is 27.3 Å². The quantitative estimate of drug-likeness (QED) is 0.731. The zero-order valence-corrected chi connectivity index (χ0v) is 13.4. The molecule has 0 aliphatic carbocycles. The van der Waals surface area contributed by atoms with Crippen LogP contribution in [-0.2, 0) is 0 Å². The molecule has 0 aromatic carbocycles. The molecule has 1 rings (SSSR count). The van der Waals surface area contributed by atoms with Crippen molar-refractivity contribution < 1.29 is 0 Å². The van der Waals surface area contributed by atoms with Crippen molar-refractivity contribution >= 4 is 27.3 Å². The molecule has 1 N–H and O–H groups in total. The summed E-state index contributed by atoms with van der Waals surface area (Å²) in [6, 6.07) is 2.66. The molecule has 0 aliphatic heterocycles. The minimum Gasteiger partial charge on any atom is -0.309 e. The normalized spacial score (nSPS) is 13.2. The molecular weight excluding hydrogens is 296 g/mol. The Morgan fingerprint density at radius 3 is 2.65 bits per heavy atom. The fraction of sp³-hybridized carbons (Fsp3) is 0.692. The van der Waals surface area contributed by atoms with Crippen LogP contribution in [0.5, 0.6) is 0 Å². The smallest absolute Gasteiger partial charge is 0.0386 e. The zero-order valence-electron chi connectivity index (χ0n) is 11.0. The van der Waals surface area contributed by atoms with Crippen LogP contribution in [0.2, 0.25) is 0 Å². The average Bonchev–Trinajstić information content (AvgIpc) is 2.76. The molecule has 0 fully saturated rings. The van der Waals surface area contributed by atoms with Crippen LogP contribution in [0.4, 0.5) is 0 Å². The highest BCUT2D eigenvalue weighted by atomic mass is 79.9. The van der Waals surface area contributed by atoms with Gasteiger partial charge in [0.05, 0.1) is 0 Å². The lowest BCUT2D eigenvalue weighted by molar-refractivity contribution is 0.296. The van der Waals surface area contributed by atoms with Crippen molar-refractivity contribution in [3.63, 3.8) is 0 Å². The summed E-state index contributed by atoms with van der Waals surface area (Å²) in [7, 11) is 0. The van der Waals surface area contributed by atoms with E-state index in [4.69, 9.17) is 0 Å². The van der Waals surface area contributed by atoms with Gasteiger partial charge < -0.3 is 10.2 Å². The molecule has 1 heterocycles. The fourth-order valence-electron chi connectivity index (χ4n) is 1.82. The number of halogens is 1. The Morgan fingerprint density at radius 2 is 2.12 bits per heavy atom. The van der Waals surface area contributed by atoms with Crippen LogP contribution in [0.3, 0.4) is 0 Å². The van der Waals surface area contributed by atoms with Crippen molar-refractivity contribution in [3.8, 4) is 0 Å². The van der Waals surface area contributed by atoms with E-state index < -0.39 is 0 Å².